The van der Waals surface area contributed by atoms with Gasteiger partial charge in [0.15, 0.2) is 0 Å². The molecular weight excluding hydrogens is 239 g/mol. The maximum absolute atomic E-state index is 12.9. The number of carbonyl (C=O) groups is 1. The molecule has 0 saturated heterocycles. The highest BCUT2D eigenvalue weighted by atomic mass is 35.5. The molecule has 0 aliphatic heterocycles. The van der Waals surface area contributed by atoms with Gasteiger partial charge in [0.05, 0.1) is 5.41 Å². The minimum absolute atomic E-state index is 0.304. The van der Waals surface area contributed by atoms with Crippen LogP contribution in [0.4, 0.5) is 4.39 Å². The average molecular weight is 257 g/mol. The van der Waals surface area contributed by atoms with Crippen LogP contribution in [0.3, 0.4) is 0 Å². The average Bonchev–Trinajstić information content (AvgIpc) is 2.26. The number of hydrogen-bond donors (Lipinski definition) is 0. The fourth-order valence-electron chi connectivity index (χ4n) is 1.75. The van der Waals surface area contributed by atoms with Crippen molar-refractivity contribution in [3.8, 4) is 0 Å². The second kappa shape index (κ2) is 5.63. The van der Waals surface area contributed by atoms with Crippen LogP contribution in [0.25, 0.3) is 0 Å². The highest BCUT2D eigenvalue weighted by Gasteiger charge is 2.33. The second-order valence-corrected chi connectivity index (χ2v) is 5.39. The summed E-state index contributed by atoms with van der Waals surface area (Å²) in [5.74, 6) is 0.202. The van der Waals surface area contributed by atoms with Gasteiger partial charge in [-0.2, -0.15) is 0 Å². The molecular formula is C14H18ClFO. The van der Waals surface area contributed by atoms with Gasteiger partial charge in [-0.05, 0) is 55.0 Å². The third-order valence-electron chi connectivity index (χ3n) is 3.14. The van der Waals surface area contributed by atoms with Gasteiger partial charge in [0, 0.05) is 0 Å². The van der Waals surface area contributed by atoms with Crippen LogP contribution >= 0.6 is 11.6 Å². The quantitative estimate of drug-likeness (QED) is 0.719. The van der Waals surface area contributed by atoms with E-state index < -0.39 is 5.41 Å². The van der Waals surface area contributed by atoms with E-state index in [-0.39, 0.29) is 11.1 Å². The number of carbonyl (C=O) groups excluding carboxylic acids is 1. The molecule has 1 rings (SSSR count). The molecule has 1 aromatic rings. The van der Waals surface area contributed by atoms with Crippen molar-refractivity contribution >= 4 is 16.8 Å². The van der Waals surface area contributed by atoms with Gasteiger partial charge in [-0.25, -0.2) is 4.39 Å². The van der Waals surface area contributed by atoms with Crippen LogP contribution in [0.2, 0.25) is 0 Å². The van der Waals surface area contributed by atoms with Crippen LogP contribution in [-0.2, 0) is 10.2 Å². The monoisotopic (exact) mass is 256 g/mol. The van der Waals surface area contributed by atoms with Crippen molar-refractivity contribution in [2.24, 2.45) is 5.92 Å². The van der Waals surface area contributed by atoms with E-state index in [1.54, 1.807) is 12.1 Å². The molecule has 17 heavy (non-hydrogen) atoms. The maximum atomic E-state index is 12.9. The summed E-state index contributed by atoms with van der Waals surface area (Å²) >= 11 is 5.71. The third-order valence-corrected chi connectivity index (χ3v) is 3.55. The summed E-state index contributed by atoms with van der Waals surface area (Å²) in [5.41, 5.74) is 0.0547. The zero-order valence-corrected chi connectivity index (χ0v) is 11.2. The first-order chi connectivity index (χ1) is 7.86. The topological polar surface area (TPSA) is 17.1 Å². The van der Waals surface area contributed by atoms with Crippen LogP contribution in [0, 0.1) is 11.7 Å². The molecule has 0 fully saturated rings. The Morgan fingerprint density at radius 1 is 1.35 bits per heavy atom. The van der Waals surface area contributed by atoms with E-state index in [2.05, 4.69) is 13.8 Å². The van der Waals surface area contributed by atoms with Crippen LogP contribution in [0.15, 0.2) is 24.3 Å². The Kier molecular flexibility index (Phi) is 4.70. The highest BCUT2D eigenvalue weighted by Crippen LogP contribution is 2.33. The first-order valence-corrected chi connectivity index (χ1v) is 6.20. The largest absolute Gasteiger partial charge is 0.280 e. The van der Waals surface area contributed by atoms with Gasteiger partial charge in [-0.15, -0.1) is 0 Å². The molecule has 1 atom stereocenters. The van der Waals surface area contributed by atoms with Crippen molar-refractivity contribution in [3.63, 3.8) is 0 Å². The Morgan fingerprint density at radius 2 is 1.88 bits per heavy atom. The molecule has 0 aliphatic rings. The molecule has 1 aromatic carbocycles. The summed E-state index contributed by atoms with van der Waals surface area (Å²) in [7, 11) is 0. The number of hydrogen-bond acceptors (Lipinski definition) is 1. The third kappa shape index (κ3) is 3.53. The summed E-state index contributed by atoms with van der Waals surface area (Å²) in [6.07, 6.45) is 1.59. The smallest absolute Gasteiger partial charge is 0.231 e. The molecule has 3 heteroatoms. The van der Waals surface area contributed by atoms with Crippen LogP contribution in [-0.4, -0.2) is 5.24 Å². The fourth-order valence-corrected chi connectivity index (χ4v) is 1.95. The first kappa shape index (κ1) is 14.2. The standard InChI is InChI=1S/C14H18ClFO/c1-10(2)8-9-14(3,13(15)17)11-4-6-12(16)7-5-11/h4-7,10H,8-9H2,1-3H3/t14-/m1/s1. The molecule has 0 aromatic heterocycles. The van der Waals surface area contributed by atoms with E-state index in [9.17, 15) is 9.18 Å². The first-order valence-electron chi connectivity index (χ1n) is 5.82. The summed E-state index contributed by atoms with van der Waals surface area (Å²) < 4.78 is 12.9. The Hall–Kier alpha value is -0.890. The van der Waals surface area contributed by atoms with Gasteiger partial charge in [-0.1, -0.05) is 26.0 Å². The Bertz CT molecular complexity index is 386. The molecule has 0 radical (unpaired) electrons. The SMILES string of the molecule is CC(C)CC[C@@](C)(C(=O)Cl)c1ccc(F)cc1. The molecule has 0 N–H and O–H groups in total. The Balaban J connectivity index is 2.98. The predicted molar refractivity (Wildman–Crippen MR) is 68.7 cm³/mol. The number of halogens is 2. The molecule has 0 spiro atoms. The lowest BCUT2D eigenvalue weighted by Crippen LogP contribution is -2.29. The van der Waals surface area contributed by atoms with E-state index in [1.807, 2.05) is 6.92 Å². The molecule has 0 bridgehead atoms. The minimum Gasteiger partial charge on any atom is -0.280 e. The van der Waals surface area contributed by atoms with E-state index in [1.165, 1.54) is 12.1 Å². The maximum Gasteiger partial charge on any atom is 0.231 e. The lowest BCUT2D eigenvalue weighted by Gasteiger charge is -2.26. The summed E-state index contributed by atoms with van der Waals surface area (Å²) in [6, 6.07) is 6.00. The van der Waals surface area contributed by atoms with Crippen LogP contribution < -0.4 is 0 Å². The summed E-state index contributed by atoms with van der Waals surface area (Å²) in [4.78, 5) is 11.6. The molecule has 0 amide bonds. The van der Waals surface area contributed by atoms with E-state index in [0.29, 0.717) is 12.3 Å². The van der Waals surface area contributed by atoms with Crippen molar-refractivity contribution in [1.29, 1.82) is 0 Å². The summed E-state index contributed by atoms with van der Waals surface area (Å²) in [5, 5.41) is -0.384. The number of benzene rings is 1. The Morgan fingerprint density at radius 3 is 2.29 bits per heavy atom. The van der Waals surface area contributed by atoms with Gasteiger partial charge >= 0.3 is 0 Å². The van der Waals surface area contributed by atoms with Crippen LogP contribution in [0.1, 0.15) is 39.2 Å². The molecule has 94 valence electrons. The molecule has 0 aliphatic carbocycles. The fraction of sp³-hybridized carbons (Fsp3) is 0.500. The predicted octanol–water partition coefficient (Wildman–Crippen LogP) is 4.29. The minimum atomic E-state index is -0.723. The number of rotatable bonds is 5. The Labute approximate surface area is 107 Å². The van der Waals surface area contributed by atoms with Crippen molar-refractivity contribution in [2.75, 3.05) is 0 Å². The normalized spacial score (nSPS) is 14.7. The van der Waals surface area contributed by atoms with Crippen molar-refractivity contribution in [3.05, 3.63) is 35.6 Å². The second-order valence-electron chi connectivity index (χ2n) is 5.05. The zero-order chi connectivity index (χ0) is 13.1. The van der Waals surface area contributed by atoms with E-state index >= 15 is 0 Å². The lowest BCUT2D eigenvalue weighted by molar-refractivity contribution is -0.116. The van der Waals surface area contributed by atoms with E-state index in [0.717, 1.165) is 12.0 Å². The molecule has 0 unspecified atom stereocenters. The van der Waals surface area contributed by atoms with Gasteiger partial charge in [0.2, 0.25) is 5.24 Å². The van der Waals surface area contributed by atoms with E-state index in [4.69, 9.17) is 11.6 Å². The molecule has 0 saturated carbocycles. The molecule has 1 nitrogen and oxygen atoms in total. The highest BCUT2D eigenvalue weighted by molar-refractivity contribution is 6.65. The van der Waals surface area contributed by atoms with Crippen molar-refractivity contribution < 1.29 is 9.18 Å². The molecule has 0 heterocycles. The van der Waals surface area contributed by atoms with Crippen molar-refractivity contribution in [1.82, 2.24) is 0 Å². The van der Waals surface area contributed by atoms with Crippen molar-refractivity contribution in [2.45, 2.75) is 39.0 Å². The zero-order valence-electron chi connectivity index (χ0n) is 10.5. The summed E-state index contributed by atoms with van der Waals surface area (Å²) in [6.45, 7) is 6.02. The van der Waals surface area contributed by atoms with Crippen LogP contribution in [0.5, 0.6) is 0 Å². The van der Waals surface area contributed by atoms with Gasteiger partial charge in [-0.3, -0.25) is 4.79 Å². The van der Waals surface area contributed by atoms with Gasteiger partial charge < -0.3 is 0 Å². The van der Waals surface area contributed by atoms with Gasteiger partial charge in [0.1, 0.15) is 5.82 Å². The lowest BCUT2D eigenvalue weighted by atomic mass is 9.78. The van der Waals surface area contributed by atoms with Gasteiger partial charge in [0.25, 0.3) is 0 Å².